The lowest BCUT2D eigenvalue weighted by molar-refractivity contribution is -0.139. The summed E-state index contributed by atoms with van der Waals surface area (Å²) in [6, 6.07) is 24.6. The molecule has 0 saturated carbocycles. The number of benzene rings is 3. The second kappa shape index (κ2) is 12.8. The van der Waals surface area contributed by atoms with E-state index >= 15 is 0 Å². The van der Waals surface area contributed by atoms with Gasteiger partial charge in [0, 0.05) is 35.3 Å². The molecule has 0 aliphatic heterocycles. The SMILES string of the molecule is CNC(=O)C(Cc1ccccc1)N(Cc1ccc(Br)cc1)C(=O)CSCc1cccc(Cl)c1. The highest BCUT2D eigenvalue weighted by Gasteiger charge is 2.29. The number of amides is 2. The van der Waals surface area contributed by atoms with Gasteiger partial charge in [-0.1, -0.05) is 82.1 Å². The second-order valence-electron chi connectivity index (χ2n) is 7.59. The van der Waals surface area contributed by atoms with E-state index in [-0.39, 0.29) is 17.6 Å². The maximum atomic E-state index is 13.4. The van der Waals surface area contributed by atoms with Crippen molar-refractivity contribution in [3.8, 4) is 0 Å². The number of likely N-dealkylation sites (N-methyl/N-ethyl adjacent to an activating group) is 1. The summed E-state index contributed by atoms with van der Waals surface area (Å²) in [5.41, 5.74) is 3.03. The largest absolute Gasteiger partial charge is 0.357 e. The maximum Gasteiger partial charge on any atom is 0.242 e. The van der Waals surface area contributed by atoms with Crippen LogP contribution in [0.15, 0.2) is 83.3 Å². The Kier molecular flexibility index (Phi) is 9.85. The van der Waals surface area contributed by atoms with Crippen molar-refractivity contribution in [3.05, 3.63) is 105 Å². The number of nitrogens with one attached hydrogen (secondary N) is 1. The number of carbonyl (C=O) groups excluding carboxylic acids is 2. The molecule has 0 radical (unpaired) electrons. The first kappa shape index (κ1) is 25.3. The zero-order valence-electron chi connectivity index (χ0n) is 18.3. The number of thioether (sulfide) groups is 1. The van der Waals surface area contributed by atoms with Crippen LogP contribution < -0.4 is 5.32 Å². The summed E-state index contributed by atoms with van der Waals surface area (Å²) in [4.78, 5) is 28.0. The molecule has 0 fully saturated rings. The van der Waals surface area contributed by atoms with Gasteiger partial charge in [-0.3, -0.25) is 9.59 Å². The van der Waals surface area contributed by atoms with Gasteiger partial charge in [0.05, 0.1) is 5.75 Å². The molecule has 3 rings (SSSR count). The highest BCUT2D eigenvalue weighted by Crippen LogP contribution is 2.20. The van der Waals surface area contributed by atoms with E-state index in [0.717, 1.165) is 21.2 Å². The Morgan fingerprint density at radius 3 is 2.33 bits per heavy atom. The monoisotopic (exact) mass is 544 g/mol. The van der Waals surface area contributed by atoms with Gasteiger partial charge >= 0.3 is 0 Å². The molecule has 2 amide bonds. The molecule has 4 nitrogen and oxygen atoms in total. The summed E-state index contributed by atoms with van der Waals surface area (Å²) in [5.74, 6) is 0.686. The van der Waals surface area contributed by atoms with Gasteiger partial charge in [0.2, 0.25) is 11.8 Å². The van der Waals surface area contributed by atoms with Gasteiger partial charge < -0.3 is 10.2 Å². The van der Waals surface area contributed by atoms with Gasteiger partial charge in [-0.25, -0.2) is 0 Å². The van der Waals surface area contributed by atoms with Crippen molar-refractivity contribution >= 4 is 51.1 Å². The minimum Gasteiger partial charge on any atom is -0.357 e. The third kappa shape index (κ3) is 7.91. The summed E-state index contributed by atoms with van der Waals surface area (Å²) >= 11 is 11.0. The number of halogens is 2. The smallest absolute Gasteiger partial charge is 0.242 e. The summed E-state index contributed by atoms with van der Waals surface area (Å²) in [6.45, 7) is 0.356. The molecule has 33 heavy (non-hydrogen) atoms. The van der Waals surface area contributed by atoms with Gasteiger partial charge in [0.25, 0.3) is 0 Å². The molecule has 0 aliphatic carbocycles. The minimum atomic E-state index is -0.611. The van der Waals surface area contributed by atoms with E-state index in [1.807, 2.05) is 78.9 Å². The molecule has 3 aromatic carbocycles. The van der Waals surface area contributed by atoms with Crippen LogP contribution in [-0.4, -0.2) is 35.6 Å². The number of hydrogen-bond acceptors (Lipinski definition) is 3. The van der Waals surface area contributed by atoms with Crippen molar-refractivity contribution in [1.82, 2.24) is 10.2 Å². The summed E-state index contributed by atoms with van der Waals surface area (Å²) in [7, 11) is 1.61. The lowest BCUT2D eigenvalue weighted by atomic mass is 10.0. The van der Waals surface area contributed by atoms with Crippen LogP contribution in [0, 0.1) is 0 Å². The summed E-state index contributed by atoms with van der Waals surface area (Å²) in [6.07, 6.45) is 0.446. The van der Waals surface area contributed by atoms with Crippen molar-refractivity contribution < 1.29 is 9.59 Å². The topological polar surface area (TPSA) is 49.4 Å². The molecule has 172 valence electrons. The third-order valence-electron chi connectivity index (χ3n) is 5.17. The number of hydrogen-bond donors (Lipinski definition) is 1. The zero-order chi connectivity index (χ0) is 23.6. The van der Waals surface area contributed by atoms with E-state index in [1.54, 1.807) is 11.9 Å². The Morgan fingerprint density at radius 2 is 1.67 bits per heavy atom. The minimum absolute atomic E-state index is 0.0746. The molecular formula is C26H26BrClN2O2S. The highest BCUT2D eigenvalue weighted by atomic mass is 79.9. The second-order valence-corrected chi connectivity index (χ2v) is 9.93. The summed E-state index contributed by atoms with van der Waals surface area (Å²) in [5, 5.41) is 3.42. The average Bonchev–Trinajstić information content (AvgIpc) is 2.82. The molecular weight excluding hydrogens is 520 g/mol. The van der Waals surface area contributed by atoms with Crippen LogP contribution in [0.3, 0.4) is 0 Å². The van der Waals surface area contributed by atoms with E-state index in [4.69, 9.17) is 11.6 Å². The maximum absolute atomic E-state index is 13.4. The van der Waals surface area contributed by atoms with Crippen molar-refractivity contribution in [2.24, 2.45) is 0 Å². The molecule has 1 N–H and O–H groups in total. The van der Waals surface area contributed by atoms with Gasteiger partial charge in [0.15, 0.2) is 0 Å². The van der Waals surface area contributed by atoms with Crippen LogP contribution >= 0.6 is 39.3 Å². The number of carbonyl (C=O) groups is 2. The molecule has 3 aromatic rings. The van der Waals surface area contributed by atoms with Gasteiger partial charge in [0.1, 0.15) is 6.04 Å². The molecule has 0 bridgehead atoms. The summed E-state index contributed by atoms with van der Waals surface area (Å²) < 4.78 is 0.966. The fourth-order valence-corrected chi connectivity index (χ4v) is 4.81. The normalized spacial score (nSPS) is 11.6. The van der Waals surface area contributed by atoms with E-state index in [9.17, 15) is 9.59 Å². The Bertz CT molecular complexity index is 1060. The van der Waals surface area contributed by atoms with Crippen molar-refractivity contribution in [1.29, 1.82) is 0 Å². The van der Waals surface area contributed by atoms with Crippen LogP contribution in [0.1, 0.15) is 16.7 Å². The number of rotatable bonds is 10. The molecule has 0 heterocycles. The fourth-order valence-electron chi connectivity index (χ4n) is 3.47. The predicted octanol–water partition coefficient (Wildman–Crippen LogP) is 5.72. The molecule has 1 unspecified atom stereocenters. The standard InChI is InChI=1S/C26H26BrClN2O2S/c1-29-26(32)24(15-19-6-3-2-4-7-19)30(16-20-10-12-22(27)13-11-20)25(31)18-33-17-21-8-5-9-23(28)14-21/h2-14,24H,15-18H2,1H3,(H,29,32). The first-order valence-corrected chi connectivity index (χ1v) is 12.9. The van der Waals surface area contributed by atoms with Crippen LogP contribution in [0.25, 0.3) is 0 Å². The Morgan fingerprint density at radius 1 is 0.970 bits per heavy atom. The van der Waals surface area contributed by atoms with Crippen molar-refractivity contribution in [2.45, 2.75) is 24.8 Å². The lowest BCUT2D eigenvalue weighted by Crippen LogP contribution is -2.50. The van der Waals surface area contributed by atoms with Crippen molar-refractivity contribution in [3.63, 3.8) is 0 Å². The Hall–Kier alpha value is -2.28. The van der Waals surface area contributed by atoms with Crippen LogP contribution in [0.5, 0.6) is 0 Å². The predicted molar refractivity (Wildman–Crippen MR) is 140 cm³/mol. The molecule has 7 heteroatoms. The average molecular weight is 546 g/mol. The molecule has 0 saturated heterocycles. The lowest BCUT2D eigenvalue weighted by Gasteiger charge is -2.31. The third-order valence-corrected chi connectivity index (χ3v) is 6.92. The van der Waals surface area contributed by atoms with Gasteiger partial charge in [-0.2, -0.15) is 0 Å². The van der Waals surface area contributed by atoms with Crippen LogP contribution in [0.2, 0.25) is 5.02 Å². The van der Waals surface area contributed by atoms with E-state index in [2.05, 4.69) is 21.2 Å². The van der Waals surface area contributed by atoms with E-state index in [1.165, 1.54) is 11.8 Å². The Labute approximate surface area is 212 Å². The van der Waals surface area contributed by atoms with E-state index in [0.29, 0.717) is 23.7 Å². The molecule has 0 spiro atoms. The molecule has 1 atom stereocenters. The van der Waals surface area contributed by atoms with Gasteiger partial charge in [-0.05, 0) is 41.0 Å². The quantitative estimate of drug-likeness (QED) is 0.354. The molecule has 0 aliphatic rings. The molecule has 0 aromatic heterocycles. The highest BCUT2D eigenvalue weighted by molar-refractivity contribution is 9.10. The first-order valence-electron chi connectivity index (χ1n) is 10.6. The zero-order valence-corrected chi connectivity index (χ0v) is 21.5. The van der Waals surface area contributed by atoms with Crippen molar-refractivity contribution in [2.75, 3.05) is 12.8 Å². The van der Waals surface area contributed by atoms with Gasteiger partial charge in [-0.15, -0.1) is 11.8 Å². The first-order chi connectivity index (χ1) is 16.0. The van der Waals surface area contributed by atoms with Crippen LogP contribution in [0.4, 0.5) is 0 Å². The number of nitrogens with zero attached hydrogens (tertiary/aromatic N) is 1. The Balaban J connectivity index is 1.80. The fraction of sp³-hybridized carbons (Fsp3) is 0.231. The van der Waals surface area contributed by atoms with E-state index < -0.39 is 6.04 Å². The van der Waals surface area contributed by atoms with Crippen LogP contribution in [-0.2, 0) is 28.3 Å².